The first-order valence-electron chi connectivity index (χ1n) is 7.19. The summed E-state index contributed by atoms with van der Waals surface area (Å²) in [7, 11) is 0. The van der Waals surface area contributed by atoms with Crippen LogP contribution >= 0.6 is 11.6 Å². The molecule has 3 atom stereocenters. The molecule has 0 heterocycles. The molecule has 2 rings (SSSR count). The van der Waals surface area contributed by atoms with E-state index in [2.05, 4.69) is 52.8 Å². The van der Waals surface area contributed by atoms with Crippen molar-refractivity contribution in [1.29, 1.82) is 0 Å². The van der Waals surface area contributed by atoms with Crippen LogP contribution in [0.3, 0.4) is 0 Å². The van der Waals surface area contributed by atoms with E-state index in [4.69, 9.17) is 16.3 Å². The van der Waals surface area contributed by atoms with E-state index < -0.39 is 0 Å². The van der Waals surface area contributed by atoms with Gasteiger partial charge in [0.1, 0.15) is 11.9 Å². The molecule has 0 aliphatic heterocycles. The summed E-state index contributed by atoms with van der Waals surface area (Å²) < 4.78 is 6.30. The first kappa shape index (κ1) is 14.7. The Kier molecular flexibility index (Phi) is 3.88. The molecule has 0 saturated heterocycles. The topological polar surface area (TPSA) is 9.23 Å². The van der Waals surface area contributed by atoms with Crippen LogP contribution in [0.25, 0.3) is 0 Å². The lowest BCUT2D eigenvalue weighted by Gasteiger charge is -2.50. The molecular weight excluding hydrogens is 256 g/mol. The van der Waals surface area contributed by atoms with Gasteiger partial charge in [-0.25, -0.2) is 0 Å². The lowest BCUT2D eigenvalue weighted by Crippen LogP contribution is -2.55. The quantitative estimate of drug-likeness (QED) is 0.695. The molecule has 1 nitrogen and oxygen atoms in total. The molecule has 1 saturated carbocycles. The second kappa shape index (κ2) is 5.01. The number of ether oxygens (including phenoxy) is 1. The summed E-state index contributed by atoms with van der Waals surface area (Å²) in [6.45, 7) is 11.1. The maximum absolute atomic E-state index is 6.37. The molecule has 1 aliphatic carbocycles. The molecule has 0 radical (unpaired) electrons. The Hall–Kier alpha value is -0.690. The molecule has 2 heteroatoms. The van der Waals surface area contributed by atoms with Gasteiger partial charge in [-0.2, -0.15) is 0 Å². The maximum atomic E-state index is 6.37. The Morgan fingerprint density at radius 2 is 1.95 bits per heavy atom. The summed E-state index contributed by atoms with van der Waals surface area (Å²) in [4.78, 5) is 0. The van der Waals surface area contributed by atoms with Crippen molar-refractivity contribution >= 4 is 11.6 Å². The first-order valence-corrected chi connectivity index (χ1v) is 7.63. The molecule has 3 unspecified atom stereocenters. The van der Waals surface area contributed by atoms with Crippen molar-refractivity contribution in [3.05, 3.63) is 29.8 Å². The number of halogens is 1. The van der Waals surface area contributed by atoms with E-state index in [0.717, 1.165) is 18.6 Å². The minimum Gasteiger partial charge on any atom is -0.489 e. The van der Waals surface area contributed by atoms with E-state index in [0.29, 0.717) is 0 Å². The van der Waals surface area contributed by atoms with Crippen molar-refractivity contribution < 1.29 is 4.74 Å². The van der Waals surface area contributed by atoms with Crippen LogP contribution in [0.15, 0.2) is 24.3 Å². The van der Waals surface area contributed by atoms with Crippen LogP contribution in [-0.2, 0) is 5.41 Å². The average Bonchev–Trinajstić information content (AvgIpc) is 2.36. The Morgan fingerprint density at radius 3 is 2.47 bits per heavy atom. The minimum atomic E-state index is 0.101. The summed E-state index contributed by atoms with van der Waals surface area (Å²) in [5, 5.41) is 0.240. The van der Waals surface area contributed by atoms with Crippen LogP contribution in [0.2, 0.25) is 0 Å². The van der Waals surface area contributed by atoms with Gasteiger partial charge < -0.3 is 4.74 Å². The van der Waals surface area contributed by atoms with Crippen LogP contribution < -0.4 is 4.74 Å². The summed E-state index contributed by atoms with van der Waals surface area (Å²) in [6, 6.07) is 8.37. The molecule has 106 valence electrons. The molecule has 0 amide bonds. The van der Waals surface area contributed by atoms with Gasteiger partial charge in [-0.15, -0.1) is 11.6 Å². The Bertz CT molecular complexity index is 449. The highest BCUT2D eigenvalue weighted by Crippen LogP contribution is 2.49. The van der Waals surface area contributed by atoms with Crippen LogP contribution in [0.4, 0.5) is 0 Å². The molecular formula is C17H25ClO. The molecule has 1 aliphatic rings. The fourth-order valence-corrected chi connectivity index (χ4v) is 3.20. The minimum absolute atomic E-state index is 0.101. The van der Waals surface area contributed by atoms with E-state index in [1.807, 2.05) is 6.07 Å². The van der Waals surface area contributed by atoms with Crippen molar-refractivity contribution in [2.45, 2.75) is 64.4 Å². The second-order valence-corrected chi connectivity index (χ2v) is 7.44. The molecule has 0 N–H and O–H groups in total. The summed E-state index contributed by atoms with van der Waals surface area (Å²) in [5.41, 5.74) is 1.47. The number of hydrogen-bond acceptors (Lipinski definition) is 1. The van der Waals surface area contributed by atoms with Gasteiger partial charge in [0.25, 0.3) is 0 Å². The molecule has 1 aromatic rings. The average molecular weight is 281 g/mol. The second-order valence-electron chi connectivity index (χ2n) is 6.92. The zero-order chi connectivity index (χ0) is 14.3. The Balaban J connectivity index is 2.22. The SMILES string of the molecule is CCC1(C)C(Cl)CC1Oc1ccccc1C(C)(C)C. The standard InChI is InChI=1S/C17H25ClO/c1-6-17(5)14(18)11-15(17)19-13-10-8-7-9-12(13)16(2,3)4/h7-10,14-15H,6,11H2,1-5H3. The Morgan fingerprint density at radius 1 is 1.32 bits per heavy atom. The zero-order valence-corrected chi connectivity index (χ0v) is 13.4. The third kappa shape index (κ3) is 2.63. The lowest BCUT2D eigenvalue weighted by molar-refractivity contribution is -0.0304. The number of alkyl halides is 1. The van der Waals surface area contributed by atoms with E-state index in [1.54, 1.807) is 0 Å². The Labute approximate surface area is 122 Å². The predicted molar refractivity (Wildman–Crippen MR) is 82.2 cm³/mol. The molecule has 1 fully saturated rings. The predicted octanol–water partition coefficient (Wildman–Crippen LogP) is 5.16. The third-order valence-corrected chi connectivity index (χ3v) is 5.27. The highest BCUT2D eigenvalue weighted by atomic mass is 35.5. The van der Waals surface area contributed by atoms with Crippen molar-refractivity contribution in [1.82, 2.24) is 0 Å². The van der Waals surface area contributed by atoms with Crippen LogP contribution in [0, 0.1) is 5.41 Å². The zero-order valence-electron chi connectivity index (χ0n) is 12.7. The highest BCUT2D eigenvalue weighted by molar-refractivity contribution is 6.21. The van der Waals surface area contributed by atoms with Crippen LogP contribution in [0.1, 0.15) is 53.0 Å². The van der Waals surface area contributed by atoms with Gasteiger partial charge in [0, 0.05) is 17.2 Å². The van der Waals surface area contributed by atoms with Gasteiger partial charge in [-0.1, -0.05) is 52.8 Å². The normalized spacial score (nSPS) is 30.8. The van der Waals surface area contributed by atoms with E-state index >= 15 is 0 Å². The summed E-state index contributed by atoms with van der Waals surface area (Å²) in [5.74, 6) is 1.02. The van der Waals surface area contributed by atoms with Crippen molar-refractivity contribution in [2.75, 3.05) is 0 Å². The van der Waals surface area contributed by atoms with E-state index in [1.165, 1.54) is 5.56 Å². The molecule has 19 heavy (non-hydrogen) atoms. The van der Waals surface area contributed by atoms with Crippen molar-refractivity contribution in [3.8, 4) is 5.75 Å². The smallest absolute Gasteiger partial charge is 0.123 e. The summed E-state index contributed by atoms with van der Waals surface area (Å²) >= 11 is 6.37. The van der Waals surface area contributed by atoms with Gasteiger partial charge in [0.2, 0.25) is 0 Å². The van der Waals surface area contributed by atoms with E-state index in [-0.39, 0.29) is 22.3 Å². The third-order valence-electron chi connectivity index (χ3n) is 4.60. The highest BCUT2D eigenvalue weighted by Gasteiger charge is 2.51. The summed E-state index contributed by atoms with van der Waals surface area (Å²) in [6.07, 6.45) is 2.25. The van der Waals surface area contributed by atoms with Gasteiger partial charge in [-0.3, -0.25) is 0 Å². The van der Waals surface area contributed by atoms with Crippen molar-refractivity contribution in [2.24, 2.45) is 5.41 Å². The fraction of sp³-hybridized carbons (Fsp3) is 0.647. The fourth-order valence-electron chi connectivity index (χ4n) is 2.74. The maximum Gasteiger partial charge on any atom is 0.123 e. The number of rotatable bonds is 3. The number of para-hydroxylation sites is 1. The molecule has 0 bridgehead atoms. The lowest BCUT2D eigenvalue weighted by atomic mass is 9.65. The van der Waals surface area contributed by atoms with Gasteiger partial charge in [0.15, 0.2) is 0 Å². The molecule has 0 spiro atoms. The van der Waals surface area contributed by atoms with Gasteiger partial charge in [0.05, 0.1) is 0 Å². The largest absolute Gasteiger partial charge is 0.489 e. The molecule has 0 aromatic heterocycles. The van der Waals surface area contributed by atoms with Crippen molar-refractivity contribution in [3.63, 3.8) is 0 Å². The van der Waals surface area contributed by atoms with Crippen LogP contribution in [0.5, 0.6) is 5.75 Å². The van der Waals surface area contributed by atoms with Gasteiger partial charge in [-0.05, 0) is 23.5 Å². The molecule has 1 aromatic carbocycles. The monoisotopic (exact) mass is 280 g/mol. The van der Waals surface area contributed by atoms with E-state index in [9.17, 15) is 0 Å². The first-order chi connectivity index (χ1) is 8.79. The number of benzene rings is 1. The number of hydrogen-bond donors (Lipinski definition) is 0. The van der Waals surface area contributed by atoms with Crippen LogP contribution in [-0.4, -0.2) is 11.5 Å². The van der Waals surface area contributed by atoms with Gasteiger partial charge >= 0.3 is 0 Å².